The SMILES string of the molecule is N#Cc1ccc(N2C[C@H]3[C@@H]4CC[C@@H](O4)[C@@]3(C(=O)OCc3ccccc3)S2(=O)=O)cc1C(F)(F)F. The molecule has 3 aliphatic rings. The minimum Gasteiger partial charge on any atom is -0.460 e. The van der Waals surface area contributed by atoms with Crippen molar-refractivity contribution in [3.05, 3.63) is 65.2 Å². The molecule has 0 spiro atoms. The van der Waals surface area contributed by atoms with E-state index in [-0.39, 0.29) is 18.8 Å². The summed E-state index contributed by atoms with van der Waals surface area (Å²) in [6.07, 6.45) is -5.44. The van der Waals surface area contributed by atoms with Gasteiger partial charge in [-0.2, -0.15) is 18.4 Å². The highest BCUT2D eigenvalue weighted by Crippen LogP contribution is 2.57. The molecule has 4 atom stereocenters. The van der Waals surface area contributed by atoms with Crippen molar-refractivity contribution in [3.8, 4) is 6.07 Å². The minimum absolute atomic E-state index is 0.143. The van der Waals surface area contributed by atoms with Crippen LogP contribution in [0.1, 0.15) is 29.5 Å². The van der Waals surface area contributed by atoms with Gasteiger partial charge < -0.3 is 9.47 Å². The number of ether oxygens (including phenoxy) is 2. The standard InChI is InChI=1S/C23H19F3N2O5S/c24-23(25,26)17-10-16(7-6-15(17)11-27)28-12-18-19-8-9-20(33-19)22(18,34(28,30)31)21(29)32-13-14-4-2-1-3-5-14/h1-7,10,18-20H,8-9,12-13H2/t18-,19-,20+,22-/m0/s1. The zero-order valence-electron chi connectivity index (χ0n) is 17.7. The van der Waals surface area contributed by atoms with E-state index in [1.807, 2.05) is 0 Å². The predicted octanol–water partition coefficient (Wildman–Crippen LogP) is 3.39. The maximum atomic E-state index is 13.9. The second-order valence-electron chi connectivity index (χ2n) is 8.58. The summed E-state index contributed by atoms with van der Waals surface area (Å²) in [4.78, 5) is 13.4. The molecule has 0 N–H and O–H groups in total. The molecule has 0 saturated carbocycles. The number of carbonyl (C=O) groups is 1. The third-order valence-electron chi connectivity index (χ3n) is 6.86. The highest BCUT2D eigenvalue weighted by atomic mass is 32.2. The lowest BCUT2D eigenvalue weighted by molar-refractivity contribution is -0.150. The third kappa shape index (κ3) is 3.12. The van der Waals surface area contributed by atoms with Gasteiger partial charge in [-0.1, -0.05) is 30.3 Å². The Kier molecular flexibility index (Phi) is 5.15. The largest absolute Gasteiger partial charge is 0.460 e. The Balaban J connectivity index is 1.54. The monoisotopic (exact) mass is 492 g/mol. The second kappa shape index (κ2) is 7.71. The van der Waals surface area contributed by atoms with E-state index in [1.54, 1.807) is 30.3 Å². The zero-order chi connectivity index (χ0) is 24.3. The molecule has 0 amide bonds. The summed E-state index contributed by atoms with van der Waals surface area (Å²) in [6, 6.07) is 13.0. The number of alkyl halides is 3. The van der Waals surface area contributed by atoms with Crippen molar-refractivity contribution < 1.29 is 35.9 Å². The molecule has 7 nitrogen and oxygen atoms in total. The van der Waals surface area contributed by atoms with Crippen LogP contribution in [0.25, 0.3) is 0 Å². The number of halogens is 3. The molecule has 3 fully saturated rings. The lowest BCUT2D eigenvalue weighted by Crippen LogP contribution is -2.57. The smallest absolute Gasteiger partial charge is 0.417 e. The number of rotatable bonds is 4. The van der Waals surface area contributed by atoms with Gasteiger partial charge in [0.25, 0.3) is 10.0 Å². The van der Waals surface area contributed by atoms with Crippen LogP contribution in [0.5, 0.6) is 0 Å². The normalized spacial score (nSPS) is 29.0. The average molecular weight is 492 g/mol. The van der Waals surface area contributed by atoms with E-state index in [0.717, 1.165) is 16.4 Å². The van der Waals surface area contributed by atoms with Crippen LogP contribution in [0.4, 0.5) is 18.9 Å². The average Bonchev–Trinajstić information content (AvgIpc) is 3.47. The van der Waals surface area contributed by atoms with E-state index in [1.165, 1.54) is 6.07 Å². The Morgan fingerprint density at radius 1 is 1.21 bits per heavy atom. The van der Waals surface area contributed by atoms with Gasteiger partial charge in [-0.15, -0.1) is 0 Å². The van der Waals surface area contributed by atoms with Crippen molar-refractivity contribution in [1.82, 2.24) is 0 Å². The summed E-state index contributed by atoms with van der Waals surface area (Å²) in [5.41, 5.74) is -1.44. The molecule has 5 rings (SSSR count). The number of esters is 1. The molecule has 34 heavy (non-hydrogen) atoms. The molecule has 0 radical (unpaired) electrons. The Morgan fingerprint density at radius 3 is 2.62 bits per heavy atom. The molecule has 0 aliphatic carbocycles. The number of carbonyl (C=O) groups excluding carboxylic acids is 1. The molecule has 11 heteroatoms. The first-order chi connectivity index (χ1) is 16.1. The summed E-state index contributed by atoms with van der Waals surface area (Å²) in [5.74, 6) is -1.75. The first-order valence-corrected chi connectivity index (χ1v) is 12.0. The van der Waals surface area contributed by atoms with Crippen LogP contribution in [0.2, 0.25) is 0 Å². The van der Waals surface area contributed by atoms with E-state index in [4.69, 9.17) is 14.7 Å². The molecule has 3 heterocycles. The van der Waals surface area contributed by atoms with Gasteiger partial charge in [0.1, 0.15) is 6.61 Å². The van der Waals surface area contributed by atoms with E-state index in [2.05, 4.69) is 0 Å². The molecule has 178 valence electrons. The zero-order valence-corrected chi connectivity index (χ0v) is 18.5. The summed E-state index contributed by atoms with van der Waals surface area (Å²) in [6.45, 7) is -0.358. The number of hydrogen-bond donors (Lipinski definition) is 0. The minimum atomic E-state index is -4.85. The first-order valence-electron chi connectivity index (χ1n) is 10.6. The van der Waals surface area contributed by atoms with Gasteiger partial charge in [0, 0.05) is 12.5 Å². The van der Waals surface area contributed by atoms with Gasteiger partial charge in [0.15, 0.2) is 0 Å². The number of nitriles is 1. The van der Waals surface area contributed by atoms with E-state index in [9.17, 15) is 26.4 Å². The summed E-state index contributed by atoms with van der Waals surface area (Å²) in [7, 11) is -4.51. The van der Waals surface area contributed by atoms with Crippen LogP contribution in [0.15, 0.2) is 48.5 Å². The summed E-state index contributed by atoms with van der Waals surface area (Å²) in [5, 5.41) is 9.06. The van der Waals surface area contributed by atoms with Crippen molar-refractivity contribution in [2.24, 2.45) is 5.92 Å². The van der Waals surface area contributed by atoms with E-state index in [0.29, 0.717) is 24.5 Å². The van der Waals surface area contributed by atoms with Crippen molar-refractivity contribution in [1.29, 1.82) is 5.26 Å². The second-order valence-corrected chi connectivity index (χ2v) is 10.6. The molecule has 0 unspecified atom stereocenters. The van der Waals surface area contributed by atoms with Crippen molar-refractivity contribution in [2.75, 3.05) is 10.8 Å². The fourth-order valence-corrected chi connectivity index (χ4v) is 7.84. The Labute approximate surface area is 193 Å². The van der Waals surface area contributed by atoms with Gasteiger partial charge in [-0.25, -0.2) is 8.42 Å². The van der Waals surface area contributed by atoms with Gasteiger partial charge >= 0.3 is 12.1 Å². The molecule has 3 saturated heterocycles. The predicted molar refractivity (Wildman–Crippen MR) is 113 cm³/mol. The maximum Gasteiger partial charge on any atom is 0.417 e. The molecular formula is C23H19F3N2O5S. The topological polar surface area (TPSA) is 96.7 Å². The molecule has 3 aliphatic heterocycles. The summed E-state index contributed by atoms with van der Waals surface area (Å²) < 4.78 is 78.3. The molecule has 2 bridgehead atoms. The van der Waals surface area contributed by atoms with E-state index >= 15 is 0 Å². The van der Waals surface area contributed by atoms with Crippen LogP contribution in [-0.4, -0.2) is 37.9 Å². The highest BCUT2D eigenvalue weighted by molar-refractivity contribution is 7.95. The van der Waals surface area contributed by atoms with Crippen LogP contribution in [0.3, 0.4) is 0 Å². The Hall–Kier alpha value is -3.10. The van der Waals surface area contributed by atoms with Gasteiger partial charge in [0.2, 0.25) is 4.75 Å². The molecule has 2 aromatic rings. The lowest BCUT2D eigenvalue weighted by Gasteiger charge is -2.32. The lowest BCUT2D eigenvalue weighted by atomic mass is 9.78. The van der Waals surface area contributed by atoms with Crippen molar-refractivity contribution >= 4 is 21.7 Å². The number of hydrogen-bond acceptors (Lipinski definition) is 6. The van der Waals surface area contributed by atoms with Crippen molar-refractivity contribution in [2.45, 2.75) is 42.6 Å². The quantitative estimate of drug-likeness (QED) is 0.607. The van der Waals surface area contributed by atoms with Crippen LogP contribution < -0.4 is 4.31 Å². The maximum absolute atomic E-state index is 13.9. The number of fused-ring (bicyclic) bond motifs is 5. The fourth-order valence-electron chi connectivity index (χ4n) is 5.35. The van der Waals surface area contributed by atoms with Crippen LogP contribution in [0, 0.1) is 17.2 Å². The Morgan fingerprint density at radius 2 is 1.94 bits per heavy atom. The van der Waals surface area contributed by atoms with Gasteiger partial charge in [0.05, 0.1) is 35.1 Å². The van der Waals surface area contributed by atoms with Crippen molar-refractivity contribution in [3.63, 3.8) is 0 Å². The number of nitrogens with zero attached hydrogens (tertiary/aromatic N) is 2. The highest BCUT2D eigenvalue weighted by Gasteiger charge is 2.77. The Bertz CT molecular complexity index is 1290. The fraction of sp³-hybridized carbons (Fsp3) is 0.391. The van der Waals surface area contributed by atoms with Crippen LogP contribution in [-0.2, 0) is 37.1 Å². The number of sulfonamides is 1. The van der Waals surface area contributed by atoms with Gasteiger partial charge in [-0.3, -0.25) is 9.10 Å². The summed E-state index contributed by atoms with van der Waals surface area (Å²) >= 11 is 0. The first kappa shape index (κ1) is 22.7. The molecule has 2 aromatic carbocycles. The number of anilines is 1. The van der Waals surface area contributed by atoms with Gasteiger partial charge in [-0.05, 0) is 36.6 Å². The van der Waals surface area contributed by atoms with E-state index < -0.39 is 56.2 Å². The third-order valence-corrected chi connectivity index (χ3v) is 9.38. The molecule has 0 aromatic heterocycles. The number of benzene rings is 2. The van der Waals surface area contributed by atoms with Crippen LogP contribution >= 0.6 is 0 Å². The molecular weight excluding hydrogens is 473 g/mol.